The van der Waals surface area contributed by atoms with Crippen LogP contribution in [0.1, 0.15) is 0 Å². The first kappa shape index (κ1) is 22.7. The van der Waals surface area contributed by atoms with Gasteiger partial charge < -0.3 is 40.3 Å². The molecule has 0 aliphatic carbocycles. The summed E-state index contributed by atoms with van der Waals surface area (Å²) in [4.78, 5) is 43.1. The topological polar surface area (TPSA) is 219 Å². The molecule has 0 aliphatic heterocycles. The van der Waals surface area contributed by atoms with Gasteiger partial charge in [0.2, 0.25) is 0 Å². The van der Waals surface area contributed by atoms with Crippen LogP contribution in [0, 0.1) is 0 Å². The lowest BCUT2D eigenvalue weighted by Gasteiger charge is -1.82. The standard InChI is InChI=1S/2H3O4P.2H2O/c2*1-5(2,3)4;;/h2*(H3,1,2,3,4);2*1H2. The number of phosphoric acid groups is 2. The van der Waals surface area contributed by atoms with Gasteiger partial charge in [-0.15, -0.1) is 0 Å². The van der Waals surface area contributed by atoms with Crippen molar-refractivity contribution in [3.8, 4) is 0 Å². The molecule has 10 N–H and O–H groups in total. The summed E-state index contributed by atoms with van der Waals surface area (Å²) in [6.45, 7) is 0. The Bertz CT molecular complexity index is 120. The zero-order valence-electron chi connectivity index (χ0n) is 5.39. The molecule has 12 heteroatoms. The Hall–Kier alpha value is 0.140. The molecule has 0 heterocycles. The molecule has 0 unspecified atom stereocenters. The second-order valence-corrected chi connectivity index (χ2v) is 3.08. The molecule has 0 bridgehead atoms. The third-order valence-electron chi connectivity index (χ3n) is 0. The Morgan fingerprint density at radius 1 is 0.583 bits per heavy atom. The summed E-state index contributed by atoms with van der Waals surface area (Å²) in [5, 5.41) is 0. The van der Waals surface area contributed by atoms with Gasteiger partial charge in [-0.05, 0) is 0 Å². The van der Waals surface area contributed by atoms with Crippen LogP contribution < -0.4 is 0 Å². The van der Waals surface area contributed by atoms with Gasteiger partial charge in [-0.2, -0.15) is 0 Å². The molecule has 10 nitrogen and oxygen atoms in total. The van der Waals surface area contributed by atoms with E-state index in [0.29, 0.717) is 0 Å². The van der Waals surface area contributed by atoms with Gasteiger partial charge in [0.1, 0.15) is 0 Å². The van der Waals surface area contributed by atoms with Crippen LogP contribution in [-0.2, 0) is 9.13 Å². The van der Waals surface area contributed by atoms with E-state index < -0.39 is 15.6 Å². The maximum absolute atomic E-state index is 8.88. The maximum atomic E-state index is 8.88. The third kappa shape index (κ3) is 43200. The summed E-state index contributed by atoms with van der Waals surface area (Å²) in [6, 6.07) is 0. The highest BCUT2D eigenvalue weighted by Crippen LogP contribution is 2.26. The number of hydrogen-bond donors (Lipinski definition) is 6. The van der Waals surface area contributed by atoms with E-state index >= 15 is 0 Å². The maximum Gasteiger partial charge on any atom is 0.466 e. The van der Waals surface area contributed by atoms with E-state index in [4.69, 9.17) is 38.5 Å². The van der Waals surface area contributed by atoms with Crippen molar-refractivity contribution in [2.24, 2.45) is 0 Å². The molecule has 0 saturated heterocycles. The molecule has 0 fully saturated rings. The van der Waals surface area contributed by atoms with E-state index in [0.717, 1.165) is 0 Å². The van der Waals surface area contributed by atoms with Crippen molar-refractivity contribution in [3.05, 3.63) is 0 Å². The summed E-state index contributed by atoms with van der Waals surface area (Å²) in [7, 11) is -9.28. The van der Waals surface area contributed by atoms with Crippen LogP contribution in [0.5, 0.6) is 0 Å². The second kappa shape index (κ2) is 7.77. The van der Waals surface area contributed by atoms with E-state index in [-0.39, 0.29) is 11.0 Å². The average molecular weight is 232 g/mol. The summed E-state index contributed by atoms with van der Waals surface area (Å²) < 4.78 is 17.8. The van der Waals surface area contributed by atoms with Gasteiger partial charge in [0, 0.05) is 0 Å². The molecule has 0 atom stereocenters. The highest BCUT2D eigenvalue weighted by Gasteiger charge is 2.00. The van der Waals surface area contributed by atoms with Crippen LogP contribution in [0.25, 0.3) is 0 Å². The molecule has 12 heavy (non-hydrogen) atoms. The van der Waals surface area contributed by atoms with Crippen LogP contribution in [0.3, 0.4) is 0 Å². The fraction of sp³-hybridized carbons (Fsp3) is 0. The molecular formula is H10O10P2. The zero-order chi connectivity index (χ0) is 9.00. The number of rotatable bonds is 0. The minimum Gasteiger partial charge on any atom is -0.412 e. The molecule has 0 aliphatic rings. The highest BCUT2D eigenvalue weighted by atomic mass is 31.2. The Kier molecular flexibility index (Phi) is 14.7. The van der Waals surface area contributed by atoms with Crippen molar-refractivity contribution >= 4 is 15.6 Å². The predicted molar refractivity (Wildman–Crippen MR) is 35.8 cm³/mol. The zero-order valence-corrected chi connectivity index (χ0v) is 7.18. The van der Waals surface area contributed by atoms with Crippen molar-refractivity contribution in [2.75, 3.05) is 0 Å². The molecule has 0 radical (unpaired) electrons. The van der Waals surface area contributed by atoms with E-state index in [1.54, 1.807) is 0 Å². The normalized spacial score (nSPS) is 9.83. The summed E-state index contributed by atoms with van der Waals surface area (Å²) in [5.74, 6) is 0. The Balaban J connectivity index is -0.0000000457. The van der Waals surface area contributed by atoms with Crippen molar-refractivity contribution in [1.82, 2.24) is 0 Å². The van der Waals surface area contributed by atoms with E-state index in [2.05, 4.69) is 0 Å². The monoisotopic (exact) mass is 232 g/mol. The Morgan fingerprint density at radius 3 is 0.583 bits per heavy atom. The highest BCUT2D eigenvalue weighted by molar-refractivity contribution is 7.45. The Morgan fingerprint density at radius 2 is 0.583 bits per heavy atom. The van der Waals surface area contributed by atoms with E-state index in [1.165, 1.54) is 0 Å². The van der Waals surface area contributed by atoms with Crippen LogP contribution >= 0.6 is 15.6 Å². The fourth-order valence-corrected chi connectivity index (χ4v) is 0. The quantitative estimate of drug-likeness (QED) is 0.229. The van der Waals surface area contributed by atoms with Crippen LogP contribution in [-0.4, -0.2) is 40.3 Å². The molecule has 0 aromatic carbocycles. The lowest BCUT2D eigenvalue weighted by molar-refractivity contribution is 0.272. The molecular weight excluding hydrogens is 222 g/mol. The van der Waals surface area contributed by atoms with Gasteiger partial charge >= 0.3 is 15.6 Å². The van der Waals surface area contributed by atoms with Gasteiger partial charge in [0.25, 0.3) is 0 Å². The lowest BCUT2D eigenvalue weighted by Crippen LogP contribution is -1.66. The number of hydrogen-bond acceptors (Lipinski definition) is 2. The first-order chi connectivity index (χ1) is 4.00. The second-order valence-electron chi connectivity index (χ2n) is 1.03. The molecule has 0 spiro atoms. The average Bonchev–Trinajstić information content (AvgIpc) is 1.12. The molecule has 80 valence electrons. The smallest absolute Gasteiger partial charge is 0.412 e. The largest absolute Gasteiger partial charge is 0.466 e. The first-order valence-corrected chi connectivity index (χ1v) is 4.70. The van der Waals surface area contributed by atoms with Crippen molar-refractivity contribution in [1.29, 1.82) is 0 Å². The van der Waals surface area contributed by atoms with Crippen molar-refractivity contribution in [2.45, 2.75) is 0 Å². The van der Waals surface area contributed by atoms with Crippen LogP contribution in [0.15, 0.2) is 0 Å². The van der Waals surface area contributed by atoms with Crippen molar-refractivity contribution < 1.29 is 49.4 Å². The molecule has 0 aromatic rings. The predicted octanol–water partition coefficient (Wildman–Crippen LogP) is -3.51. The lowest BCUT2D eigenvalue weighted by atomic mass is 15.8. The summed E-state index contributed by atoms with van der Waals surface area (Å²) in [5.41, 5.74) is 0. The minimum absolute atomic E-state index is 0. The van der Waals surface area contributed by atoms with Gasteiger partial charge in [0.05, 0.1) is 0 Å². The minimum atomic E-state index is -4.64. The summed E-state index contributed by atoms with van der Waals surface area (Å²) >= 11 is 0. The van der Waals surface area contributed by atoms with Gasteiger partial charge in [-0.3, -0.25) is 0 Å². The molecule has 0 amide bonds. The SMILES string of the molecule is O.O.O=P(O)(O)O.O=P(O)(O)O. The van der Waals surface area contributed by atoms with E-state index in [9.17, 15) is 0 Å². The fourth-order valence-electron chi connectivity index (χ4n) is 0. The third-order valence-corrected chi connectivity index (χ3v) is 0. The van der Waals surface area contributed by atoms with Gasteiger partial charge in [-0.25, -0.2) is 9.13 Å². The van der Waals surface area contributed by atoms with Crippen LogP contribution in [0.2, 0.25) is 0 Å². The van der Waals surface area contributed by atoms with Crippen molar-refractivity contribution in [3.63, 3.8) is 0 Å². The molecule has 0 saturated carbocycles. The van der Waals surface area contributed by atoms with Gasteiger partial charge in [-0.1, -0.05) is 0 Å². The Labute approximate surface area is 66.2 Å². The van der Waals surface area contributed by atoms with E-state index in [1.807, 2.05) is 0 Å². The molecule has 0 aromatic heterocycles. The van der Waals surface area contributed by atoms with Crippen LogP contribution in [0.4, 0.5) is 0 Å². The first-order valence-electron chi connectivity index (χ1n) is 1.57. The molecule has 0 rings (SSSR count). The van der Waals surface area contributed by atoms with Gasteiger partial charge in [0.15, 0.2) is 0 Å². The summed E-state index contributed by atoms with van der Waals surface area (Å²) in [6.07, 6.45) is 0.